The van der Waals surface area contributed by atoms with Gasteiger partial charge in [-0.15, -0.1) is 0 Å². The highest BCUT2D eigenvalue weighted by Crippen LogP contribution is 2.38. The third-order valence-corrected chi connectivity index (χ3v) is 6.29. The van der Waals surface area contributed by atoms with Crippen LogP contribution >= 0.6 is 0 Å². The van der Waals surface area contributed by atoms with Gasteiger partial charge in [0, 0.05) is 17.1 Å². The van der Waals surface area contributed by atoms with Gasteiger partial charge in [0.1, 0.15) is 0 Å². The van der Waals surface area contributed by atoms with Gasteiger partial charge in [0.25, 0.3) is 0 Å². The highest BCUT2D eigenvalue weighted by molar-refractivity contribution is 4.96. The van der Waals surface area contributed by atoms with Crippen LogP contribution in [0.15, 0.2) is 0 Å². The largest absolute Gasteiger partial charge is 0.317 e. The van der Waals surface area contributed by atoms with Gasteiger partial charge in [-0.25, -0.2) is 0 Å². The summed E-state index contributed by atoms with van der Waals surface area (Å²) in [4.78, 5) is 2.79. The lowest BCUT2D eigenvalue weighted by Gasteiger charge is -2.53. The lowest BCUT2D eigenvalue weighted by atomic mass is 9.79. The predicted molar refractivity (Wildman–Crippen MR) is 109 cm³/mol. The Morgan fingerprint density at radius 3 is 1.96 bits per heavy atom. The fraction of sp³-hybridized carbons (Fsp3) is 1.00. The molecule has 0 aromatic rings. The van der Waals surface area contributed by atoms with E-state index in [2.05, 4.69) is 51.9 Å². The van der Waals surface area contributed by atoms with E-state index in [0.717, 1.165) is 0 Å². The molecule has 2 heteroatoms. The van der Waals surface area contributed by atoms with E-state index < -0.39 is 0 Å². The SMILES string of the molecule is CCCCCCCCC(CCCN1C(C)(C)CCCC1(C)C)NC. The average Bonchev–Trinajstić information content (AvgIpc) is 2.50. The van der Waals surface area contributed by atoms with Gasteiger partial charge in [0.05, 0.1) is 0 Å². The van der Waals surface area contributed by atoms with Crippen molar-refractivity contribution in [1.82, 2.24) is 10.2 Å². The molecule has 1 aliphatic heterocycles. The van der Waals surface area contributed by atoms with Crippen LogP contribution in [-0.2, 0) is 0 Å². The molecular formula is C22H46N2. The summed E-state index contributed by atoms with van der Waals surface area (Å²) in [6.45, 7) is 13.3. The van der Waals surface area contributed by atoms with Gasteiger partial charge in [-0.3, -0.25) is 4.90 Å². The number of hydrogen-bond donors (Lipinski definition) is 1. The maximum Gasteiger partial charge on any atom is 0.0158 e. The Morgan fingerprint density at radius 1 is 0.833 bits per heavy atom. The van der Waals surface area contributed by atoms with E-state index in [1.54, 1.807) is 0 Å². The van der Waals surface area contributed by atoms with E-state index >= 15 is 0 Å². The lowest BCUT2D eigenvalue weighted by Crippen LogP contribution is -2.58. The molecule has 0 aromatic carbocycles. The molecule has 1 unspecified atom stereocenters. The van der Waals surface area contributed by atoms with Gasteiger partial charge >= 0.3 is 0 Å². The van der Waals surface area contributed by atoms with Crippen LogP contribution in [0.3, 0.4) is 0 Å². The molecule has 0 radical (unpaired) electrons. The summed E-state index contributed by atoms with van der Waals surface area (Å²) in [5.74, 6) is 0. The number of hydrogen-bond acceptors (Lipinski definition) is 2. The minimum absolute atomic E-state index is 0.371. The Labute approximate surface area is 153 Å². The first kappa shape index (κ1) is 22.0. The van der Waals surface area contributed by atoms with Crippen LogP contribution in [-0.4, -0.2) is 35.6 Å². The number of nitrogens with zero attached hydrogens (tertiary/aromatic N) is 1. The van der Waals surface area contributed by atoms with Crippen molar-refractivity contribution in [3.05, 3.63) is 0 Å². The van der Waals surface area contributed by atoms with Gasteiger partial charge in [0.15, 0.2) is 0 Å². The average molecular weight is 339 g/mol. The standard InChI is InChI=1S/C22H46N2/c1-7-8-9-10-11-12-15-20(23-6)16-13-19-24-21(2,3)17-14-18-22(24,4)5/h20,23H,7-19H2,1-6H3. The molecule has 1 heterocycles. The van der Waals surface area contributed by atoms with Gasteiger partial charge in [-0.2, -0.15) is 0 Å². The predicted octanol–water partition coefficient (Wildman–Crippen LogP) is 6.15. The van der Waals surface area contributed by atoms with Crippen LogP contribution in [0.5, 0.6) is 0 Å². The normalized spacial score (nSPS) is 21.8. The summed E-state index contributed by atoms with van der Waals surface area (Å²) >= 11 is 0. The first-order valence-electron chi connectivity index (χ1n) is 10.8. The number of nitrogens with one attached hydrogen (secondary N) is 1. The molecule has 2 nitrogen and oxygen atoms in total. The molecule has 0 bridgehead atoms. The van der Waals surface area contributed by atoms with Crippen LogP contribution in [0.1, 0.15) is 112 Å². The van der Waals surface area contributed by atoms with Crippen molar-refractivity contribution < 1.29 is 0 Å². The molecule has 0 amide bonds. The quantitative estimate of drug-likeness (QED) is 0.429. The Morgan fingerprint density at radius 2 is 1.38 bits per heavy atom. The topological polar surface area (TPSA) is 15.3 Å². The van der Waals surface area contributed by atoms with E-state index in [0.29, 0.717) is 17.1 Å². The van der Waals surface area contributed by atoms with Crippen LogP contribution in [0.25, 0.3) is 0 Å². The molecule has 0 saturated carbocycles. The Kier molecular flexibility index (Phi) is 9.89. The molecule has 0 aromatic heterocycles. The van der Waals surface area contributed by atoms with Gasteiger partial charge in [0.2, 0.25) is 0 Å². The summed E-state index contributed by atoms with van der Waals surface area (Å²) < 4.78 is 0. The summed E-state index contributed by atoms with van der Waals surface area (Å²) in [6, 6.07) is 0.715. The highest BCUT2D eigenvalue weighted by Gasteiger charge is 2.40. The highest BCUT2D eigenvalue weighted by atomic mass is 15.3. The second kappa shape index (κ2) is 10.8. The first-order valence-corrected chi connectivity index (χ1v) is 10.8. The maximum atomic E-state index is 3.56. The molecule has 0 aliphatic carbocycles. The summed E-state index contributed by atoms with van der Waals surface area (Å²) in [5.41, 5.74) is 0.742. The van der Waals surface area contributed by atoms with Gasteiger partial charge < -0.3 is 5.32 Å². The van der Waals surface area contributed by atoms with Crippen molar-refractivity contribution in [3.63, 3.8) is 0 Å². The minimum atomic E-state index is 0.371. The third-order valence-electron chi connectivity index (χ3n) is 6.29. The Bertz CT molecular complexity index is 306. The van der Waals surface area contributed by atoms with Crippen molar-refractivity contribution >= 4 is 0 Å². The van der Waals surface area contributed by atoms with Gasteiger partial charge in [-0.1, -0.05) is 45.4 Å². The van der Waals surface area contributed by atoms with Crippen LogP contribution in [0.2, 0.25) is 0 Å². The molecule has 1 N–H and O–H groups in total. The van der Waals surface area contributed by atoms with Crippen molar-refractivity contribution in [2.24, 2.45) is 0 Å². The summed E-state index contributed by atoms with van der Waals surface area (Å²) in [7, 11) is 2.15. The smallest absolute Gasteiger partial charge is 0.0158 e. The fourth-order valence-corrected chi connectivity index (χ4v) is 4.75. The fourth-order valence-electron chi connectivity index (χ4n) is 4.75. The molecule has 1 saturated heterocycles. The van der Waals surface area contributed by atoms with E-state index in [1.165, 1.54) is 83.6 Å². The molecule has 1 atom stereocenters. The zero-order chi connectivity index (χ0) is 18.1. The number of likely N-dealkylation sites (tertiary alicyclic amines) is 1. The third kappa shape index (κ3) is 7.44. The molecular weight excluding hydrogens is 292 g/mol. The van der Waals surface area contributed by atoms with Crippen molar-refractivity contribution in [3.8, 4) is 0 Å². The van der Waals surface area contributed by atoms with Crippen LogP contribution in [0, 0.1) is 0 Å². The van der Waals surface area contributed by atoms with E-state index in [9.17, 15) is 0 Å². The molecule has 24 heavy (non-hydrogen) atoms. The molecule has 0 spiro atoms. The van der Waals surface area contributed by atoms with E-state index in [1.807, 2.05) is 0 Å². The second-order valence-electron chi connectivity index (χ2n) is 9.31. The van der Waals surface area contributed by atoms with Crippen LogP contribution in [0.4, 0.5) is 0 Å². The first-order chi connectivity index (χ1) is 11.3. The summed E-state index contributed by atoms with van der Waals surface area (Å²) in [6.07, 6.45) is 16.5. The zero-order valence-electron chi connectivity index (χ0n) is 17.7. The molecule has 1 aliphatic rings. The van der Waals surface area contributed by atoms with Crippen molar-refractivity contribution in [2.75, 3.05) is 13.6 Å². The zero-order valence-corrected chi connectivity index (χ0v) is 17.7. The van der Waals surface area contributed by atoms with Crippen LogP contribution < -0.4 is 5.32 Å². The van der Waals surface area contributed by atoms with E-state index in [-0.39, 0.29) is 0 Å². The Balaban J connectivity index is 2.27. The number of rotatable bonds is 12. The van der Waals surface area contributed by atoms with Crippen molar-refractivity contribution in [1.29, 1.82) is 0 Å². The molecule has 144 valence electrons. The number of piperidine rings is 1. The summed E-state index contributed by atoms with van der Waals surface area (Å²) in [5, 5.41) is 3.56. The minimum Gasteiger partial charge on any atom is -0.317 e. The lowest BCUT2D eigenvalue weighted by molar-refractivity contribution is -0.0279. The number of unbranched alkanes of at least 4 members (excludes halogenated alkanes) is 5. The molecule has 1 rings (SSSR count). The molecule has 1 fully saturated rings. The van der Waals surface area contributed by atoms with Gasteiger partial charge in [-0.05, 0) is 79.8 Å². The maximum absolute atomic E-state index is 3.56. The van der Waals surface area contributed by atoms with Crippen molar-refractivity contribution in [2.45, 2.75) is 129 Å². The van der Waals surface area contributed by atoms with E-state index in [4.69, 9.17) is 0 Å². The Hall–Kier alpha value is -0.0800. The monoisotopic (exact) mass is 338 g/mol. The second-order valence-corrected chi connectivity index (χ2v) is 9.31.